The van der Waals surface area contributed by atoms with E-state index in [1.54, 1.807) is 0 Å². The van der Waals surface area contributed by atoms with Crippen molar-refractivity contribution in [3.8, 4) is 0 Å². The van der Waals surface area contributed by atoms with Crippen molar-refractivity contribution in [3.05, 3.63) is 70.9 Å². The third kappa shape index (κ3) is 4.97. The number of carbonyl (C=O) groups is 2. The number of ketones is 1. The fraction of sp³-hybridized carbons (Fsp3) is 0.429. The molecule has 5 heteroatoms. The molecule has 0 fully saturated rings. The highest BCUT2D eigenvalue weighted by Crippen LogP contribution is 2.48. The Morgan fingerprint density at radius 3 is 2.52 bits per heavy atom. The zero-order valence-corrected chi connectivity index (χ0v) is 20.4. The first-order valence-corrected chi connectivity index (χ1v) is 11.9. The SMILES string of the molecule is Cc1ccc([C@@H]2C3=C(CC(C)(C)CC3=O)Nc3ccccc3N2CC(=O)NCC(C)C)cc1. The fourth-order valence-electron chi connectivity index (χ4n) is 4.85. The molecule has 0 spiro atoms. The van der Waals surface area contributed by atoms with Gasteiger partial charge in [-0.15, -0.1) is 0 Å². The number of Topliss-reactive ketones (excluding diaryl/α,β-unsaturated/α-hetero) is 1. The normalized spacial score (nSPS) is 19.5. The van der Waals surface area contributed by atoms with Crippen LogP contribution in [0.2, 0.25) is 0 Å². The first-order chi connectivity index (χ1) is 15.6. The molecule has 1 aliphatic heterocycles. The third-order valence-corrected chi connectivity index (χ3v) is 6.42. The molecule has 0 saturated heterocycles. The zero-order chi connectivity index (χ0) is 23.8. The molecule has 2 aliphatic rings. The number of nitrogens with one attached hydrogen (secondary N) is 2. The van der Waals surface area contributed by atoms with Gasteiger partial charge >= 0.3 is 0 Å². The molecule has 2 aromatic carbocycles. The number of hydrogen-bond donors (Lipinski definition) is 2. The average molecular weight is 446 g/mol. The Hall–Kier alpha value is -3.08. The highest BCUT2D eigenvalue weighted by Gasteiger charge is 2.41. The molecular formula is C28H35N3O2. The standard InChI is InChI=1S/C28H35N3O2/c1-18(2)16-29-25(33)17-31-23-9-7-6-8-21(23)30-22-14-28(4,5)15-24(32)26(22)27(31)20-12-10-19(3)11-13-20/h6-13,18,27,30H,14-17H2,1-5H3,(H,29,33)/t27-/m1/s1. The summed E-state index contributed by atoms with van der Waals surface area (Å²) in [5, 5.41) is 6.65. The molecule has 0 unspecified atom stereocenters. The van der Waals surface area contributed by atoms with Crippen molar-refractivity contribution in [2.24, 2.45) is 11.3 Å². The molecule has 1 atom stereocenters. The predicted molar refractivity (Wildman–Crippen MR) is 134 cm³/mol. The van der Waals surface area contributed by atoms with Crippen molar-refractivity contribution < 1.29 is 9.59 Å². The van der Waals surface area contributed by atoms with Crippen LogP contribution in [0, 0.1) is 18.3 Å². The molecule has 0 radical (unpaired) electrons. The molecule has 2 aromatic rings. The lowest BCUT2D eigenvalue weighted by molar-refractivity contribution is -0.120. The molecule has 1 heterocycles. The van der Waals surface area contributed by atoms with Crippen molar-refractivity contribution in [3.63, 3.8) is 0 Å². The van der Waals surface area contributed by atoms with Gasteiger partial charge in [-0.1, -0.05) is 69.7 Å². The number of aryl methyl sites for hydroxylation is 1. The van der Waals surface area contributed by atoms with Crippen LogP contribution in [0.25, 0.3) is 0 Å². The average Bonchev–Trinajstić information content (AvgIpc) is 2.87. The Labute approximate surface area is 197 Å². The Balaban J connectivity index is 1.87. The number of fused-ring (bicyclic) bond motifs is 1. The Bertz CT molecular complexity index is 1080. The van der Waals surface area contributed by atoms with E-state index in [-0.39, 0.29) is 29.7 Å². The predicted octanol–water partition coefficient (Wildman–Crippen LogP) is 5.38. The summed E-state index contributed by atoms with van der Waals surface area (Å²) >= 11 is 0. The van der Waals surface area contributed by atoms with Crippen molar-refractivity contribution in [1.29, 1.82) is 0 Å². The molecule has 0 aromatic heterocycles. The lowest BCUT2D eigenvalue weighted by Crippen LogP contribution is -2.42. The quantitative estimate of drug-likeness (QED) is 0.648. The molecule has 1 aliphatic carbocycles. The van der Waals surface area contributed by atoms with Gasteiger partial charge in [0, 0.05) is 24.2 Å². The zero-order valence-electron chi connectivity index (χ0n) is 20.4. The molecule has 1 amide bonds. The van der Waals surface area contributed by atoms with E-state index < -0.39 is 0 Å². The lowest BCUT2D eigenvalue weighted by atomic mass is 9.73. The second-order valence-electron chi connectivity index (χ2n) is 10.6. The van der Waals surface area contributed by atoms with Gasteiger partial charge in [0.1, 0.15) is 0 Å². The second-order valence-corrected chi connectivity index (χ2v) is 10.6. The minimum Gasteiger partial charge on any atom is -0.357 e. The minimum atomic E-state index is -0.329. The van der Waals surface area contributed by atoms with Crippen molar-refractivity contribution in [2.45, 2.75) is 53.5 Å². The monoisotopic (exact) mass is 445 g/mol. The number of rotatable bonds is 5. The summed E-state index contributed by atoms with van der Waals surface area (Å²) in [7, 11) is 0. The Morgan fingerprint density at radius 2 is 1.82 bits per heavy atom. The third-order valence-electron chi connectivity index (χ3n) is 6.42. The van der Waals surface area contributed by atoms with E-state index in [0.29, 0.717) is 18.9 Å². The van der Waals surface area contributed by atoms with Gasteiger partial charge in [0.25, 0.3) is 0 Å². The number of amides is 1. The molecule has 0 bridgehead atoms. The highest BCUT2D eigenvalue weighted by molar-refractivity contribution is 6.01. The van der Waals surface area contributed by atoms with Gasteiger partial charge in [0.2, 0.25) is 5.91 Å². The van der Waals surface area contributed by atoms with Gasteiger partial charge in [-0.2, -0.15) is 0 Å². The molecule has 0 saturated carbocycles. The summed E-state index contributed by atoms with van der Waals surface area (Å²) < 4.78 is 0. The van der Waals surface area contributed by atoms with E-state index in [4.69, 9.17) is 0 Å². The maximum absolute atomic E-state index is 13.6. The van der Waals surface area contributed by atoms with Gasteiger partial charge in [-0.25, -0.2) is 0 Å². The molecule has 33 heavy (non-hydrogen) atoms. The minimum absolute atomic E-state index is 0.0387. The van der Waals surface area contributed by atoms with Crippen LogP contribution in [0.1, 0.15) is 57.7 Å². The van der Waals surface area contributed by atoms with Gasteiger partial charge in [-0.05, 0) is 42.4 Å². The van der Waals surface area contributed by atoms with Crippen LogP contribution in [0.15, 0.2) is 59.8 Å². The number of para-hydroxylation sites is 2. The summed E-state index contributed by atoms with van der Waals surface area (Å²) in [6.45, 7) is 11.3. The van der Waals surface area contributed by atoms with Crippen molar-refractivity contribution >= 4 is 23.1 Å². The van der Waals surface area contributed by atoms with Crippen LogP contribution in [0.3, 0.4) is 0 Å². The summed E-state index contributed by atoms with van der Waals surface area (Å²) in [6.07, 6.45) is 1.29. The van der Waals surface area contributed by atoms with E-state index in [2.05, 4.69) is 74.4 Å². The second kappa shape index (κ2) is 9.05. The number of allylic oxidation sites excluding steroid dienone is 1. The molecule has 5 nitrogen and oxygen atoms in total. The van der Waals surface area contributed by atoms with Crippen LogP contribution >= 0.6 is 0 Å². The lowest BCUT2D eigenvalue weighted by Gasteiger charge is -2.38. The summed E-state index contributed by atoms with van der Waals surface area (Å²) in [5.41, 5.74) is 5.70. The maximum Gasteiger partial charge on any atom is 0.239 e. The Morgan fingerprint density at radius 1 is 1.12 bits per heavy atom. The van der Waals surface area contributed by atoms with Crippen LogP contribution in [0.4, 0.5) is 11.4 Å². The van der Waals surface area contributed by atoms with Gasteiger partial charge in [0.15, 0.2) is 5.78 Å². The summed E-state index contributed by atoms with van der Waals surface area (Å²) in [6, 6.07) is 16.0. The summed E-state index contributed by atoms with van der Waals surface area (Å²) in [4.78, 5) is 28.8. The van der Waals surface area contributed by atoms with Crippen LogP contribution in [-0.2, 0) is 9.59 Å². The van der Waals surface area contributed by atoms with E-state index in [9.17, 15) is 9.59 Å². The van der Waals surface area contributed by atoms with E-state index in [1.165, 1.54) is 0 Å². The highest BCUT2D eigenvalue weighted by atomic mass is 16.2. The number of benzene rings is 2. The number of hydrogen-bond acceptors (Lipinski definition) is 4. The largest absolute Gasteiger partial charge is 0.357 e. The van der Waals surface area contributed by atoms with Crippen LogP contribution in [0.5, 0.6) is 0 Å². The van der Waals surface area contributed by atoms with Gasteiger partial charge in [-0.3, -0.25) is 9.59 Å². The molecule has 4 rings (SSSR count). The van der Waals surface area contributed by atoms with Crippen molar-refractivity contribution in [2.75, 3.05) is 23.3 Å². The van der Waals surface area contributed by atoms with E-state index >= 15 is 0 Å². The van der Waals surface area contributed by atoms with E-state index in [1.807, 2.05) is 24.3 Å². The first kappa shape index (κ1) is 23.1. The first-order valence-electron chi connectivity index (χ1n) is 11.9. The fourth-order valence-corrected chi connectivity index (χ4v) is 4.85. The van der Waals surface area contributed by atoms with Gasteiger partial charge in [0.05, 0.1) is 24.0 Å². The smallest absolute Gasteiger partial charge is 0.239 e. The molecule has 174 valence electrons. The molecule has 2 N–H and O–H groups in total. The maximum atomic E-state index is 13.6. The topological polar surface area (TPSA) is 61.4 Å². The summed E-state index contributed by atoms with van der Waals surface area (Å²) in [5.74, 6) is 0.486. The number of carbonyl (C=O) groups excluding carboxylic acids is 2. The van der Waals surface area contributed by atoms with Crippen LogP contribution in [-0.4, -0.2) is 24.8 Å². The van der Waals surface area contributed by atoms with E-state index in [0.717, 1.165) is 40.2 Å². The van der Waals surface area contributed by atoms with Gasteiger partial charge < -0.3 is 15.5 Å². The Kier molecular flexibility index (Phi) is 6.33. The van der Waals surface area contributed by atoms with Crippen LogP contribution < -0.4 is 15.5 Å². The number of anilines is 2. The number of nitrogens with zero attached hydrogens (tertiary/aromatic N) is 1. The molecular weight excluding hydrogens is 410 g/mol. The van der Waals surface area contributed by atoms with Crippen molar-refractivity contribution in [1.82, 2.24) is 5.32 Å².